The molecule has 0 fully saturated rings. The van der Waals surface area contributed by atoms with Gasteiger partial charge in [-0.3, -0.25) is 4.72 Å². The monoisotopic (exact) mass is 289 g/mol. The van der Waals surface area contributed by atoms with Crippen molar-refractivity contribution >= 4 is 27.5 Å². The fourth-order valence-corrected chi connectivity index (χ4v) is 1.77. The van der Waals surface area contributed by atoms with E-state index < -0.39 is 22.9 Å². The minimum atomic E-state index is -4.62. The van der Waals surface area contributed by atoms with E-state index in [0.717, 1.165) is 6.20 Å². The average Bonchev–Trinajstić information content (AvgIpc) is 2.18. The molecule has 0 aliphatic rings. The Bertz CT molecular complexity index is 474. The molecule has 2 N–H and O–H groups in total. The predicted octanol–water partition coefficient (Wildman–Crippen LogP) is 1.54. The first-order valence-corrected chi connectivity index (χ1v) is 6.00. The van der Waals surface area contributed by atoms with E-state index in [0.29, 0.717) is 0 Å². The molecule has 0 atom stereocenters. The Morgan fingerprint density at radius 3 is 2.47 bits per heavy atom. The second-order valence-corrected chi connectivity index (χ2v) is 4.80. The number of nitrogens with one attached hydrogen (secondary N) is 2. The van der Waals surface area contributed by atoms with Gasteiger partial charge in [0.25, 0.3) is 10.2 Å². The van der Waals surface area contributed by atoms with E-state index in [4.69, 9.17) is 11.6 Å². The third-order valence-electron chi connectivity index (χ3n) is 1.44. The molecule has 0 aliphatic heterocycles. The van der Waals surface area contributed by atoms with Crippen LogP contribution in [0, 0.1) is 0 Å². The lowest BCUT2D eigenvalue weighted by molar-refractivity contribution is -0.121. The van der Waals surface area contributed by atoms with Crippen molar-refractivity contribution in [1.82, 2.24) is 9.71 Å². The highest BCUT2D eigenvalue weighted by atomic mass is 35.5. The summed E-state index contributed by atoms with van der Waals surface area (Å²) in [5, 5.41) is 0.135. The number of anilines is 1. The maximum Gasteiger partial charge on any atom is 0.402 e. The van der Waals surface area contributed by atoms with E-state index in [-0.39, 0.29) is 10.8 Å². The number of halogens is 4. The van der Waals surface area contributed by atoms with Crippen LogP contribution >= 0.6 is 11.6 Å². The molecule has 96 valence electrons. The second kappa shape index (κ2) is 5.07. The molecule has 0 aromatic carbocycles. The molecule has 0 aliphatic carbocycles. The van der Waals surface area contributed by atoms with Crippen LogP contribution in [0.2, 0.25) is 5.15 Å². The molecular formula is C7H7ClF3N3O2S. The zero-order valence-corrected chi connectivity index (χ0v) is 9.70. The van der Waals surface area contributed by atoms with E-state index in [1.165, 1.54) is 16.9 Å². The average molecular weight is 290 g/mol. The summed E-state index contributed by atoms with van der Waals surface area (Å²) in [6, 6.07) is 2.56. The number of pyridine rings is 1. The Balaban J connectivity index is 2.64. The Labute approximate surface area is 100 Å². The number of hydrogen-bond donors (Lipinski definition) is 2. The highest BCUT2D eigenvalue weighted by molar-refractivity contribution is 7.90. The second-order valence-electron chi connectivity index (χ2n) is 2.91. The third kappa shape index (κ3) is 5.71. The molecule has 1 aromatic rings. The van der Waals surface area contributed by atoms with Gasteiger partial charge in [-0.25, -0.2) is 4.98 Å². The maximum absolute atomic E-state index is 11.8. The quantitative estimate of drug-likeness (QED) is 0.826. The van der Waals surface area contributed by atoms with Crippen LogP contribution in [0.4, 0.5) is 18.9 Å². The van der Waals surface area contributed by atoms with Crippen LogP contribution in [0.3, 0.4) is 0 Å². The van der Waals surface area contributed by atoms with Crippen molar-refractivity contribution in [2.24, 2.45) is 0 Å². The summed E-state index contributed by atoms with van der Waals surface area (Å²) in [6.45, 7) is -1.65. The van der Waals surface area contributed by atoms with Crippen LogP contribution in [0.5, 0.6) is 0 Å². The highest BCUT2D eigenvalue weighted by Crippen LogP contribution is 2.14. The molecule has 0 spiro atoms. The molecule has 10 heteroatoms. The molecule has 0 saturated heterocycles. The van der Waals surface area contributed by atoms with Gasteiger partial charge >= 0.3 is 6.18 Å². The van der Waals surface area contributed by atoms with Gasteiger partial charge in [0.2, 0.25) is 0 Å². The summed E-state index contributed by atoms with van der Waals surface area (Å²) >= 11 is 5.45. The Kier molecular flexibility index (Phi) is 4.17. The van der Waals surface area contributed by atoms with E-state index in [2.05, 4.69) is 4.98 Å². The standard InChI is InChI=1S/C7H7ClF3N3O2S/c8-6-2-1-5(3-12-6)14-17(15,16)13-4-7(9,10)11/h1-3,13-14H,4H2. The lowest BCUT2D eigenvalue weighted by atomic mass is 10.4. The van der Waals surface area contributed by atoms with Gasteiger partial charge in [-0.2, -0.15) is 26.3 Å². The van der Waals surface area contributed by atoms with Gasteiger partial charge in [-0.1, -0.05) is 11.6 Å². The van der Waals surface area contributed by atoms with Crippen LogP contribution < -0.4 is 9.44 Å². The summed E-state index contributed by atoms with van der Waals surface area (Å²) in [7, 11) is -4.28. The maximum atomic E-state index is 11.8. The van der Waals surface area contributed by atoms with E-state index in [1.54, 1.807) is 0 Å². The Morgan fingerprint density at radius 1 is 1.35 bits per heavy atom. The smallest absolute Gasteiger partial charge is 0.270 e. The largest absolute Gasteiger partial charge is 0.402 e. The van der Waals surface area contributed by atoms with Crippen molar-refractivity contribution in [2.75, 3.05) is 11.3 Å². The Hall–Kier alpha value is -1.06. The van der Waals surface area contributed by atoms with E-state index >= 15 is 0 Å². The number of aromatic nitrogens is 1. The van der Waals surface area contributed by atoms with Crippen LogP contribution in [0.1, 0.15) is 0 Å². The van der Waals surface area contributed by atoms with Crippen molar-refractivity contribution < 1.29 is 21.6 Å². The van der Waals surface area contributed by atoms with Gasteiger partial charge < -0.3 is 0 Å². The molecule has 1 heterocycles. The molecule has 5 nitrogen and oxygen atoms in total. The van der Waals surface area contributed by atoms with Crippen molar-refractivity contribution in [3.05, 3.63) is 23.5 Å². The van der Waals surface area contributed by atoms with E-state index in [1.807, 2.05) is 4.72 Å². The summed E-state index contributed by atoms with van der Waals surface area (Å²) in [6.07, 6.45) is -3.54. The van der Waals surface area contributed by atoms with Crippen molar-refractivity contribution in [2.45, 2.75) is 6.18 Å². The number of alkyl halides is 3. The van der Waals surface area contributed by atoms with Gasteiger partial charge in [0, 0.05) is 0 Å². The van der Waals surface area contributed by atoms with Gasteiger partial charge in [0.05, 0.1) is 11.9 Å². The van der Waals surface area contributed by atoms with Crippen LogP contribution in [-0.2, 0) is 10.2 Å². The predicted molar refractivity (Wildman–Crippen MR) is 55.8 cm³/mol. The molecule has 0 radical (unpaired) electrons. The molecule has 1 rings (SSSR count). The number of hydrogen-bond acceptors (Lipinski definition) is 3. The van der Waals surface area contributed by atoms with Crippen LogP contribution in [-0.4, -0.2) is 26.1 Å². The first kappa shape index (κ1) is 14.0. The first-order valence-electron chi connectivity index (χ1n) is 4.14. The summed E-state index contributed by atoms with van der Waals surface area (Å²) < 4.78 is 60.9. The third-order valence-corrected chi connectivity index (χ3v) is 2.69. The van der Waals surface area contributed by atoms with Gasteiger partial charge in [-0.05, 0) is 12.1 Å². The highest BCUT2D eigenvalue weighted by Gasteiger charge is 2.29. The molecule has 0 saturated carbocycles. The zero-order valence-electron chi connectivity index (χ0n) is 8.12. The van der Waals surface area contributed by atoms with Gasteiger partial charge in [0.1, 0.15) is 11.7 Å². The fourth-order valence-electron chi connectivity index (χ4n) is 0.804. The Morgan fingerprint density at radius 2 is 2.00 bits per heavy atom. The number of nitrogens with zero attached hydrogens (tertiary/aromatic N) is 1. The molecule has 0 unspecified atom stereocenters. The number of rotatable bonds is 4. The minimum Gasteiger partial charge on any atom is -0.270 e. The van der Waals surface area contributed by atoms with Crippen LogP contribution in [0.25, 0.3) is 0 Å². The molecule has 1 aromatic heterocycles. The molecule has 0 bridgehead atoms. The van der Waals surface area contributed by atoms with Crippen molar-refractivity contribution in [1.29, 1.82) is 0 Å². The van der Waals surface area contributed by atoms with Crippen molar-refractivity contribution in [3.63, 3.8) is 0 Å². The normalized spacial score (nSPS) is 12.5. The summed E-state index contributed by atoms with van der Waals surface area (Å²) in [5.74, 6) is 0. The van der Waals surface area contributed by atoms with Gasteiger partial charge in [0.15, 0.2) is 0 Å². The van der Waals surface area contributed by atoms with Crippen molar-refractivity contribution in [3.8, 4) is 0 Å². The molecular weight excluding hydrogens is 283 g/mol. The van der Waals surface area contributed by atoms with Gasteiger partial charge in [-0.15, -0.1) is 0 Å². The summed E-state index contributed by atoms with van der Waals surface area (Å²) in [4.78, 5) is 3.56. The lowest BCUT2D eigenvalue weighted by Crippen LogP contribution is -2.37. The lowest BCUT2D eigenvalue weighted by Gasteiger charge is -2.10. The SMILES string of the molecule is O=S(=O)(NCC(F)(F)F)Nc1ccc(Cl)nc1. The fraction of sp³-hybridized carbons (Fsp3) is 0.286. The van der Waals surface area contributed by atoms with E-state index in [9.17, 15) is 21.6 Å². The zero-order chi connectivity index (χ0) is 13.1. The van der Waals surface area contributed by atoms with Crippen LogP contribution in [0.15, 0.2) is 18.3 Å². The molecule has 0 amide bonds. The topological polar surface area (TPSA) is 71.1 Å². The summed E-state index contributed by atoms with van der Waals surface area (Å²) in [5.41, 5.74) is 0.00377. The molecule has 17 heavy (non-hydrogen) atoms. The minimum absolute atomic E-state index is 0.00377. The first-order chi connectivity index (χ1) is 7.68.